The summed E-state index contributed by atoms with van der Waals surface area (Å²) in [5, 5.41) is 14.0. The number of esters is 1. The Bertz CT molecular complexity index is 1270. The Morgan fingerprint density at radius 1 is 1.31 bits per heavy atom. The van der Waals surface area contributed by atoms with Gasteiger partial charge in [-0.25, -0.2) is 14.3 Å². The lowest BCUT2D eigenvalue weighted by Crippen LogP contribution is -2.46. The lowest BCUT2D eigenvalue weighted by atomic mass is 10.0. The van der Waals surface area contributed by atoms with Crippen molar-refractivity contribution in [2.24, 2.45) is 0 Å². The summed E-state index contributed by atoms with van der Waals surface area (Å²) in [4.78, 5) is 25.2. The Morgan fingerprint density at radius 3 is 2.86 bits per heavy atom. The van der Waals surface area contributed by atoms with Crippen LogP contribution in [0.3, 0.4) is 0 Å². The summed E-state index contributed by atoms with van der Waals surface area (Å²) in [5.74, 6) is 7.92. The van der Waals surface area contributed by atoms with Crippen LogP contribution in [0, 0.1) is 6.92 Å². The molecule has 4 rings (SSSR count). The summed E-state index contributed by atoms with van der Waals surface area (Å²) in [5.41, 5.74) is 0.612. The zero-order valence-electron chi connectivity index (χ0n) is 18.9. The zero-order chi connectivity index (χ0) is 24.9. The Morgan fingerprint density at radius 2 is 2.14 bits per heavy atom. The van der Waals surface area contributed by atoms with Crippen molar-refractivity contribution in [3.8, 4) is 5.75 Å². The second-order valence-electron chi connectivity index (χ2n) is 7.40. The first kappa shape index (κ1) is 24.7. The molecule has 3 heterocycles. The van der Waals surface area contributed by atoms with Crippen molar-refractivity contribution in [3.63, 3.8) is 0 Å². The van der Waals surface area contributed by atoms with E-state index in [1.807, 2.05) is 24.3 Å². The van der Waals surface area contributed by atoms with Crippen molar-refractivity contribution in [2.45, 2.75) is 31.7 Å². The maximum Gasteiger partial charge on any atom is 0.338 e. The number of hydrogen-bond donors (Lipinski definition) is 3. The van der Waals surface area contributed by atoms with Gasteiger partial charge in [-0.1, -0.05) is 33.8 Å². The quantitative estimate of drug-likeness (QED) is 0.203. The lowest BCUT2D eigenvalue weighted by molar-refractivity contribution is -0.139. The number of nitrogen functional groups attached to an aromatic ring is 1. The topological polar surface area (TPSA) is 147 Å². The van der Waals surface area contributed by atoms with Gasteiger partial charge in [0.15, 0.2) is 5.82 Å². The van der Waals surface area contributed by atoms with Crippen LogP contribution in [0.5, 0.6) is 5.75 Å². The number of nitrogens with two attached hydrogens (primary N) is 1. The number of nitrogens with zero attached hydrogens (tertiary/aromatic N) is 3. The van der Waals surface area contributed by atoms with Crippen molar-refractivity contribution < 1.29 is 23.5 Å². The molecule has 0 saturated heterocycles. The average Bonchev–Trinajstić information content (AvgIpc) is 3.41. The second-order valence-corrected chi connectivity index (χ2v) is 9.25. The number of thioether (sulfide) groups is 1. The lowest BCUT2D eigenvalue weighted by Gasteiger charge is -2.27. The van der Waals surface area contributed by atoms with Crippen LogP contribution in [-0.2, 0) is 16.1 Å². The molecule has 1 aromatic carbocycles. The number of aromatic nitrogens is 3. The van der Waals surface area contributed by atoms with E-state index in [2.05, 4.69) is 36.8 Å². The van der Waals surface area contributed by atoms with E-state index < -0.39 is 18.0 Å². The van der Waals surface area contributed by atoms with E-state index >= 15 is 0 Å². The summed E-state index contributed by atoms with van der Waals surface area (Å²) in [6.45, 7) is 3.78. The molecule has 0 unspecified atom stereocenters. The first-order valence-electron chi connectivity index (χ1n) is 10.6. The van der Waals surface area contributed by atoms with Crippen LogP contribution in [0.2, 0.25) is 0 Å². The van der Waals surface area contributed by atoms with Crippen LogP contribution >= 0.6 is 27.7 Å². The summed E-state index contributed by atoms with van der Waals surface area (Å²) >= 11 is 4.60. The predicted molar refractivity (Wildman–Crippen MR) is 131 cm³/mol. The van der Waals surface area contributed by atoms with Gasteiger partial charge in [0.2, 0.25) is 5.16 Å². The van der Waals surface area contributed by atoms with Crippen molar-refractivity contribution in [3.05, 3.63) is 69.5 Å². The van der Waals surface area contributed by atoms with Crippen molar-refractivity contribution in [2.75, 3.05) is 18.2 Å². The Labute approximate surface area is 213 Å². The zero-order valence-corrected chi connectivity index (χ0v) is 21.3. The van der Waals surface area contributed by atoms with Gasteiger partial charge >= 0.3 is 12.0 Å². The summed E-state index contributed by atoms with van der Waals surface area (Å²) < 4.78 is 18.9. The molecule has 13 heteroatoms. The highest BCUT2D eigenvalue weighted by atomic mass is 79.9. The Balaban J connectivity index is 1.53. The largest absolute Gasteiger partial charge is 0.485 e. The van der Waals surface area contributed by atoms with Crippen LogP contribution in [0.15, 0.2) is 61.7 Å². The smallest absolute Gasteiger partial charge is 0.338 e. The summed E-state index contributed by atoms with van der Waals surface area (Å²) in [7, 11) is 0. The molecular weight excluding hydrogens is 540 g/mol. The third-order valence-electron chi connectivity index (χ3n) is 4.94. The molecule has 11 nitrogen and oxygen atoms in total. The Kier molecular flexibility index (Phi) is 7.66. The molecule has 0 spiro atoms. The van der Waals surface area contributed by atoms with E-state index in [-0.39, 0.29) is 24.5 Å². The fourth-order valence-electron chi connectivity index (χ4n) is 3.35. The van der Waals surface area contributed by atoms with E-state index in [4.69, 9.17) is 19.7 Å². The van der Waals surface area contributed by atoms with Gasteiger partial charge in [-0.05, 0) is 44.2 Å². The molecule has 2 amide bonds. The summed E-state index contributed by atoms with van der Waals surface area (Å²) in [6.07, 6.45) is 0. The monoisotopic (exact) mass is 562 g/mol. The van der Waals surface area contributed by atoms with Crippen molar-refractivity contribution in [1.82, 2.24) is 25.5 Å². The maximum absolute atomic E-state index is 12.8. The number of nitrogens with one attached hydrogen (secondary N) is 2. The standard InChI is InChI=1S/C22H23BrN6O5S/c1-3-32-20(30)18-15(25-21(31)26-19(18)16-8-7-12(2)34-16)11-35-22-28-27-17(29(22)24)10-33-14-6-4-5-13(23)9-14/h4-9,19H,3,10-11,24H2,1-2H3,(H2,25,26,31)/t19-/m0/s1. The minimum Gasteiger partial charge on any atom is -0.485 e. The predicted octanol–water partition coefficient (Wildman–Crippen LogP) is 3.20. The number of ether oxygens (including phenoxy) is 2. The number of rotatable bonds is 9. The number of benzene rings is 1. The first-order chi connectivity index (χ1) is 16.9. The number of amides is 2. The van der Waals surface area contributed by atoms with Crippen LogP contribution in [0.25, 0.3) is 0 Å². The molecule has 0 bridgehead atoms. The SMILES string of the molecule is CCOC(=O)C1=C(CSc2nnc(COc3cccc(Br)c3)n2N)NC(=O)N[C@H]1c1ccc(C)o1. The van der Waals surface area contributed by atoms with Gasteiger partial charge in [0.1, 0.15) is 29.9 Å². The van der Waals surface area contributed by atoms with Crippen LogP contribution < -0.4 is 21.2 Å². The van der Waals surface area contributed by atoms with E-state index in [9.17, 15) is 9.59 Å². The highest BCUT2D eigenvalue weighted by Gasteiger charge is 2.35. The number of halogens is 1. The molecule has 35 heavy (non-hydrogen) atoms. The number of aryl methyl sites for hydroxylation is 1. The third-order valence-corrected chi connectivity index (χ3v) is 6.40. The molecule has 1 atom stereocenters. The highest BCUT2D eigenvalue weighted by Crippen LogP contribution is 2.31. The van der Waals surface area contributed by atoms with Crippen molar-refractivity contribution >= 4 is 39.7 Å². The third kappa shape index (κ3) is 5.80. The Hall–Kier alpha value is -3.45. The molecule has 1 aliphatic rings. The fourth-order valence-corrected chi connectivity index (χ4v) is 4.57. The number of hydrogen-bond acceptors (Lipinski definition) is 9. The molecule has 0 aliphatic carbocycles. The van der Waals surface area contributed by atoms with E-state index in [1.54, 1.807) is 26.0 Å². The van der Waals surface area contributed by atoms with Gasteiger partial charge in [0.25, 0.3) is 0 Å². The fraction of sp³-hybridized carbons (Fsp3) is 0.273. The molecule has 184 valence electrons. The highest BCUT2D eigenvalue weighted by molar-refractivity contribution is 9.10. The van der Waals surface area contributed by atoms with Gasteiger partial charge < -0.3 is 30.4 Å². The average molecular weight is 563 g/mol. The minimum atomic E-state index is -0.794. The van der Waals surface area contributed by atoms with Gasteiger partial charge in [-0.3, -0.25) is 0 Å². The van der Waals surface area contributed by atoms with Gasteiger partial charge in [0.05, 0.1) is 12.2 Å². The molecule has 0 fully saturated rings. The molecular formula is C22H23BrN6O5S. The van der Waals surface area contributed by atoms with Crippen molar-refractivity contribution in [1.29, 1.82) is 0 Å². The van der Waals surface area contributed by atoms with Crippen LogP contribution in [0.1, 0.15) is 30.3 Å². The molecule has 3 aromatic rings. The second kappa shape index (κ2) is 10.9. The molecule has 2 aromatic heterocycles. The van der Waals surface area contributed by atoms with Gasteiger partial charge in [-0.2, -0.15) is 0 Å². The van der Waals surface area contributed by atoms with Crippen LogP contribution in [0.4, 0.5) is 4.79 Å². The molecule has 0 saturated carbocycles. The number of carbonyl (C=O) groups excluding carboxylic acids is 2. The first-order valence-corrected chi connectivity index (χ1v) is 12.4. The van der Waals surface area contributed by atoms with Gasteiger partial charge in [-0.15, -0.1) is 10.2 Å². The molecule has 0 radical (unpaired) electrons. The van der Waals surface area contributed by atoms with Gasteiger partial charge in [0, 0.05) is 15.9 Å². The maximum atomic E-state index is 12.8. The minimum absolute atomic E-state index is 0.109. The number of furan rings is 1. The van der Waals surface area contributed by atoms with Crippen LogP contribution in [-0.4, -0.2) is 39.2 Å². The van der Waals surface area contributed by atoms with E-state index in [1.165, 1.54) is 16.4 Å². The molecule has 1 aliphatic heterocycles. The normalized spacial score (nSPS) is 15.5. The van der Waals surface area contributed by atoms with E-state index in [0.29, 0.717) is 33.9 Å². The van der Waals surface area contributed by atoms with E-state index in [0.717, 1.165) is 4.47 Å². The number of carbonyl (C=O) groups is 2. The summed E-state index contributed by atoms with van der Waals surface area (Å²) in [6, 6.07) is 9.60. The number of urea groups is 1. The molecule has 4 N–H and O–H groups in total.